The fourth-order valence-electron chi connectivity index (χ4n) is 3.18. The SMILES string of the molecule is CCC(CC)NS(=O)(=O)c1ccc(NC(C)c2ccc(OCc3cccnc3)cc2)nc1. The number of anilines is 1. The fourth-order valence-corrected chi connectivity index (χ4v) is 4.52. The Hall–Kier alpha value is -2.97. The molecule has 8 heteroatoms. The minimum Gasteiger partial charge on any atom is -0.489 e. The maximum Gasteiger partial charge on any atom is 0.242 e. The first-order chi connectivity index (χ1) is 15.4. The van der Waals surface area contributed by atoms with Crippen LogP contribution in [-0.4, -0.2) is 24.4 Å². The third-order valence-corrected chi connectivity index (χ3v) is 6.73. The monoisotopic (exact) mass is 454 g/mol. The molecular weight excluding hydrogens is 424 g/mol. The van der Waals surface area contributed by atoms with Crippen molar-refractivity contribution in [1.29, 1.82) is 0 Å². The minimum absolute atomic E-state index is 0.0139. The maximum absolute atomic E-state index is 12.5. The summed E-state index contributed by atoms with van der Waals surface area (Å²) in [7, 11) is -3.57. The molecule has 0 spiro atoms. The summed E-state index contributed by atoms with van der Waals surface area (Å²) in [4.78, 5) is 8.54. The van der Waals surface area contributed by atoms with Crippen LogP contribution in [0.5, 0.6) is 5.75 Å². The molecule has 2 heterocycles. The maximum atomic E-state index is 12.5. The third kappa shape index (κ3) is 6.51. The van der Waals surface area contributed by atoms with Crippen LogP contribution in [-0.2, 0) is 16.6 Å². The van der Waals surface area contributed by atoms with E-state index in [0.29, 0.717) is 12.4 Å². The van der Waals surface area contributed by atoms with E-state index in [1.165, 1.54) is 6.20 Å². The smallest absolute Gasteiger partial charge is 0.242 e. The van der Waals surface area contributed by atoms with Crippen molar-refractivity contribution < 1.29 is 13.2 Å². The predicted octanol–water partition coefficient (Wildman–Crippen LogP) is 4.70. The van der Waals surface area contributed by atoms with E-state index in [4.69, 9.17) is 4.74 Å². The fraction of sp³-hybridized carbons (Fsp3) is 0.333. The molecule has 1 aromatic carbocycles. The number of hydrogen-bond donors (Lipinski definition) is 2. The van der Waals surface area contributed by atoms with Crippen molar-refractivity contribution in [1.82, 2.24) is 14.7 Å². The second-order valence-corrected chi connectivity index (χ2v) is 9.31. The van der Waals surface area contributed by atoms with E-state index in [9.17, 15) is 8.42 Å². The molecule has 0 saturated heterocycles. The van der Waals surface area contributed by atoms with E-state index in [2.05, 4.69) is 20.0 Å². The molecule has 0 aliphatic rings. The summed E-state index contributed by atoms with van der Waals surface area (Å²) in [5.41, 5.74) is 2.07. The Labute approximate surface area is 190 Å². The van der Waals surface area contributed by atoms with Crippen molar-refractivity contribution in [2.45, 2.75) is 57.2 Å². The van der Waals surface area contributed by atoms with E-state index in [-0.39, 0.29) is 17.0 Å². The number of nitrogens with zero attached hydrogens (tertiary/aromatic N) is 2. The molecule has 0 aliphatic heterocycles. The second kappa shape index (κ2) is 11.1. The molecule has 0 bridgehead atoms. The summed E-state index contributed by atoms with van der Waals surface area (Å²) in [5.74, 6) is 1.39. The zero-order valence-corrected chi connectivity index (χ0v) is 19.5. The molecule has 1 unspecified atom stereocenters. The number of ether oxygens (including phenoxy) is 1. The number of rotatable bonds is 11. The molecule has 0 aliphatic carbocycles. The van der Waals surface area contributed by atoms with Gasteiger partial charge in [0.1, 0.15) is 23.1 Å². The third-order valence-electron chi connectivity index (χ3n) is 5.23. The highest BCUT2D eigenvalue weighted by Crippen LogP contribution is 2.22. The minimum atomic E-state index is -3.57. The van der Waals surface area contributed by atoms with E-state index < -0.39 is 10.0 Å². The lowest BCUT2D eigenvalue weighted by Gasteiger charge is -2.17. The highest BCUT2D eigenvalue weighted by molar-refractivity contribution is 7.89. The summed E-state index contributed by atoms with van der Waals surface area (Å²) in [5, 5.41) is 3.30. The van der Waals surface area contributed by atoms with Crippen LogP contribution >= 0.6 is 0 Å². The van der Waals surface area contributed by atoms with Crippen molar-refractivity contribution in [3.05, 3.63) is 78.2 Å². The first-order valence-corrected chi connectivity index (χ1v) is 12.3. The standard InChI is InChI=1S/C24H30N4O3S/c1-4-21(5-2)28-32(29,30)23-12-13-24(26-16-23)27-18(3)20-8-10-22(11-9-20)31-17-19-7-6-14-25-15-19/h6-16,18,21,28H,4-5,17H2,1-3H3,(H,26,27). The topological polar surface area (TPSA) is 93.2 Å². The highest BCUT2D eigenvalue weighted by Gasteiger charge is 2.18. The van der Waals surface area contributed by atoms with Gasteiger partial charge in [0.05, 0.1) is 0 Å². The first kappa shape index (κ1) is 23.7. The molecular formula is C24H30N4O3S. The zero-order chi connectivity index (χ0) is 23.0. The predicted molar refractivity (Wildman–Crippen MR) is 126 cm³/mol. The molecule has 170 valence electrons. The van der Waals surface area contributed by atoms with E-state index in [1.54, 1.807) is 24.5 Å². The molecule has 0 saturated carbocycles. The highest BCUT2D eigenvalue weighted by atomic mass is 32.2. The molecule has 1 atom stereocenters. The molecule has 32 heavy (non-hydrogen) atoms. The van der Waals surface area contributed by atoms with Crippen molar-refractivity contribution in [3.63, 3.8) is 0 Å². The van der Waals surface area contributed by atoms with Gasteiger partial charge in [-0.05, 0) is 55.7 Å². The van der Waals surface area contributed by atoms with E-state index in [1.807, 2.05) is 57.2 Å². The Morgan fingerprint density at radius 1 is 1.00 bits per heavy atom. The van der Waals surface area contributed by atoms with Gasteiger partial charge in [0.2, 0.25) is 10.0 Å². The Morgan fingerprint density at radius 2 is 1.75 bits per heavy atom. The number of aromatic nitrogens is 2. The van der Waals surface area contributed by atoms with Crippen molar-refractivity contribution in [2.24, 2.45) is 0 Å². The summed E-state index contributed by atoms with van der Waals surface area (Å²) >= 11 is 0. The molecule has 2 N–H and O–H groups in total. The number of nitrogens with one attached hydrogen (secondary N) is 2. The summed E-state index contributed by atoms with van der Waals surface area (Å²) in [6.07, 6.45) is 6.39. The molecule has 3 rings (SSSR count). The van der Waals surface area contributed by atoms with Gasteiger partial charge in [0, 0.05) is 36.2 Å². The average molecular weight is 455 g/mol. The van der Waals surface area contributed by atoms with Gasteiger partial charge in [-0.3, -0.25) is 4.98 Å². The van der Waals surface area contributed by atoms with Crippen LogP contribution in [0.2, 0.25) is 0 Å². The Bertz CT molecular complexity index is 1070. The van der Waals surface area contributed by atoms with Gasteiger partial charge in [0.15, 0.2) is 0 Å². The lowest BCUT2D eigenvalue weighted by Crippen LogP contribution is -2.33. The summed E-state index contributed by atoms with van der Waals surface area (Å²) < 4.78 is 33.5. The molecule has 2 aromatic heterocycles. The quantitative estimate of drug-likeness (QED) is 0.436. The van der Waals surface area contributed by atoms with E-state index >= 15 is 0 Å². The molecule has 3 aromatic rings. The van der Waals surface area contributed by atoms with E-state index in [0.717, 1.165) is 29.7 Å². The van der Waals surface area contributed by atoms with Gasteiger partial charge in [0.25, 0.3) is 0 Å². The summed E-state index contributed by atoms with van der Waals surface area (Å²) in [6, 6.07) is 14.9. The Morgan fingerprint density at radius 3 is 2.34 bits per heavy atom. The van der Waals surface area contributed by atoms with Gasteiger partial charge >= 0.3 is 0 Å². The van der Waals surface area contributed by atoms with Gasteiger partial charge in [-0.1, -0.05) is 32.0 Å². The number of sulfonamides is 1. The molecule has 0 amide bonds. The molecule has 0 fully saturated rings. The zero-order valence-electron chi connectivity index (χ0n) is 18.7. The van der Waals surface area contributed by atoms with Crippen LogP contribution in [0.3, 0.4) is 0 Å². The van der Waals surface area contributed by atoms with Gasteiger partial charge in [-0.15, -0.1) is 0 Å². The Balaban J connectivity index is 1.57. The van der Waals surface area contributed by atoms with Crippen molar-refractivity contribution in [2.75, 3.05) is 5.32 Å². The lowest BCUT2D eigenvalue weighted by atomic mass is 10.1. The molecule has 7 nitrogen and oxygen atoms in total. The van der Waals surface area contributed by atoms with Crippen LogP contribution < -0.4 is 14.8 Å². The van der Waals surface area contributed by atoms with Gasteiger partial charge in [-0.25, -0.2) is 18.1 Å². The van der Waals surface area contributed by atoms with Crippen molar-refractivity contribution in [3.8, 4) is 5.75 Å². The number of pyridine rings is 2. The van der Waals surface area contributed by atoms with Gasteiger partial charge in [-0.2, -0.15) is 0 Å². The van der Waals surface area contributed by atoms with Crippen LogP contribution in [0.1, 0.15) is 50.8 Å². The normalized spacial score (nSPS) is 12.5. The number of hydrogen-bond acceptors (Lipinski definition) is 6. The molecule has 0 radical (unpaired) electrons. The van der Waals surface area contributed by atoms with Crippen LogP contribution in [0.15, 0.2) is 72.0 Å². The first-order valence-electron chi connectivity index (χ1n) is 10.8. The van der Waals surface area contributed by atoms with Crippen LogP contribution in [0.4, 0.5) is 5.82 Å². The van der Waals surface area contributed by atoms with Crippen LogP contribution in [0, 0.1) is 0 Å². The second-order valence-electron chi connectivity index (χ2n) is 7.60. The number of benzene rings is 1. The lowest BCUT2D eigenvalue weighted by molar-refractivity contribution is 0.305. The summed E-state index contributed by atoms with van der Waals surface area (Å²) in [6.45, 7) is 6.41. The van der Waals surface area contributed by atoms with Gasteiger partial charge < -0.3 is 10.1 Å². The Kier molecular flexibility index (Phi) is 8.19. The van der Waals surface area contributed by atoms with Crippen molar-refractivity contribution >= 4 is 15.8 Å². The van der Waals surface area contributed by atoms with Crippen LogP contribution in [0.25, 0.3) is 0 Å². The average Bonchev–Trinajstić information content (AvgIpc) is 2.82. The largest absolute Gasteiger partial charge is 0.489 e.